The van der Waals surface area contributed by atoms with Gasteiger partial charge in [-0.3, -0.25) is 0 Å². The molecule has 0 aromatic heterocycles. The Morgan fingerprint density at radius 3 is 2.00 bits per heavy atom. The highest BCUT2D eigenvalue weighted by molar-refractivity contribution is 6.21. The molecule has 100 valence electrons. The molecule has 0 spiro atoms. The molecule has 4 heteroatoms. The summed E-state index contributed by atoms with van der Waals surface area (Å²) in [5.41, 5.74) is 0.574. The van der Waals surface area contributed by atoms with E-state index in [1.165, 1.54) is 0 Å². The first-order valence-electron chi connectivity index (χ1n) is 5.84. The van der Waals surface area contributed by atoms with Crippen LogP contribution in [0.3, 0.4) is 0 Å². The van der Waals surface area contributed by atoms with Gasteiger partial charge < -0.3 is 0 Å². The van der Waals surface area contributed by atoms with E-state index in [-0.39, 0.29) is 11.5 Å². The molecule has 0 aliphatic heterocycles. The molecule has 0 saturated carbocycles. The lowest BCUT2D eigenvalue weighted by molar-refractivity contribution is 0.511. The van der Waals surface area contributed by atoms with Crippen molar-refractivity contribution in [2.45, 2.75) is 18.2 Å². The van der Waals surface area contributed by atoms with Crippen LogP contribution in [0, 0.1) is 17.5 Å². The first kappa shape index (κ1) is 13.9. The number of hydrogen-bond donors (Lipinski definition) is 0. The second kappa shape index (κ2) is 5.66. The van der Waals surface area contributed by atoms with Crippen molar-refractivity contribution in [1.82, 2.24) is 0 Å². The molecule has 0 fully saturated rings. The van der Waals surface area contributed by atoms with E-state index >= 15 is 0 Å². The highest BCUT2D eigenvalue weighted by atomic mass is 35.5. The highest BCUT2D eigenvalue weighted by Gasteiger charge is 2.25. The molecule has 0 aliphatic rings. The third kappa shape index (κ3) is 2.92. The maximum atomic E-state index is 13.7. The van der Waals surface area contributed by atoms with Gasteiger partial charge in [0.2, 0.25) is 0 Å². The molecule has 0 nitrogen and oxygen atoms in total. The predicted octanol–water partition coefficient (Wildman–Crippen LogP) is 5.19. The molecule has 0 amide bonds. The van der Waals surface area contributed by atoms with Crippen molar-refractivity contribution in [2.75, 3.05) is 0 Å². The quantitative estimate of drug-likeness (QED) is 0.681. The molecule has 2 aromatic carbocycles. The Labute approximate surface area is 114 Å². The van der Waals surface area contributed by atoms with Gasteiger partial charge in [-0.15, -0.1) is 11.6 Å². The minimum absolute atomic E-state index is 0.292. The van der Waals surface area contributed by atoms with Crippen molar-refractivity contribution in [1.29, 1.82) is 0 Å². The Morgan fingerprint density at radius 1 is 0.947 bits per heavy atom. The third-order valence-corrected chi connectivity index (χ3v) is 3.68. The summed E-state index contributed by atoms with van der Waals surface area (Å²) >= 11 is 6.15. The van der Waals surface area contributed by atoms with E-state index in [1.807, 2.05) is 30.3 Å². The van der Waals surface area contributed by atoms with Crippen molar-refractivity contribution in [3.8, 4) is 0 Å². The summed E-state index contributed by atoms with van der Waals surface area (Å²) in [6, 6.07) is 10.5. The van der Waals surface area contributed by atoms with E-state index in [1.54, 1.807) is 6.92 Å². The van der Waals surface area contributed by atoms with Gasteiger partial charge in [-0.2, -0.15) is 0 Å². The number of benzene rings is 2. The number of rotatable bonds is 3. The maximum absolute atomic E-state index is 13.7. The molecule has 2 rings (SSSR count). The van der Waals surface area contributed by atoms with Crippen LogP contribution in [-0.4, -0.2) is 0 Å². The molecular formula is C15H12ClF3. The maximum Gasteiger partial charge on any atom is 0.133 e. The Kier molecular flexibility index (Phi) is 4.15. The number of hydrogen-bond acceptors (Lipinski definition) is 0. The average molecular weight is 285 g/mol. The zero-order valence-corrected chi connectivity index (χ0v) is 11.0. The minimum atomic E-state index is -0.958. The zero-order valence-electron chi connectivity index (χ0n) is 10.2. The normalized spacial score (nSPS) is 14.2. The molecule has 0 bridgehead atoms. The Morgan fingerprint density at radius 2 is 1.47 bits per heavy atom. The van der Waals surface area contributed by atoms with E-state index < -0.39 is 22.8 Å². The van der Waals surface area contributed by atoms with Crippen molar-refractivity contribution in [2.24, 2.45) is 0 Å². The Bertz CT molecular complexity index is 546. The summed E-state index contributed by atoms with van der Waals surface area (Å²) in [5.74, 6) is -3.16. The van der Waals surface area contributed by atoms with E-state index in [0.717, 1.165) is 5.56 Å². The third-order valence-electron chi connectivity index (χ3n) is 3.08. The van der Waals surface area contributed by atoms with Crippen LogP contribution in [0.2, 0.25) is 0 Å². The summed E-state index contributed by atoms with van der Waals surface area (Å²) in [6.07, 6.45) is 0. The van der Waals surface area contributed by atoms with Crippen LogP contribution in [-0.2, 0) is 0 Å². The fourth-order valence-corrected chi connectivity index (χ4v) is 2.35. The summed E-state index contributed by atoms with van der Waals surface area (Å²) < 4.78 is 40.2. The predicted molar refractivity (Wildman–Crippen MR) is 69.8 cm³/mol. The van der Waals surface area contributed by atoms with E-state index in [9.17, 15) is 13.2 Å². The lowest BCUT2D eigenvalue weighted by atomic mass is 9.92. The van der Waals surface area contributed by atoms with Crippen molar-refractivity contribution in [3.05, 3.63) is 71.0 Å². The molecule has 2 atom stereocenters. The molecule has 0 aliphatic carbocycles. The van der Waals surface area contributed by atoms with Gasteiger partial charge in [0.1, 0.15) is 17.5 Å². The SMILES string of the molecule is CC(c1ccccc1)C(Cl)c1c(F)cc(F)cc1F. The standard InChI is InChI=1S/C15H12ClF3/c1-9(10-5-3-2-4-6-10)15(16)14-12(18)7-11(17)8-13(14)19/h2-9,15H,1H3. The molecule has 2 unspecified atom stereocenters. The number of alkyl halides is 1. The summed E-state index contributed by atoms with van der Waals surface area (Å²) in [7, 11) is 0. The van der Waals surface area contributed by atoms with Gasteiger partial charge in [0, 0.05) is 23.6 Å². The lowest BCUT2D eigenvalue weighted by Crippen LogP contribution is -2.07. The van der Waals surface area contributed by atoms with Gasteiger partial charge in [-0.25, -0.2) is 13.2 Å². The topological polar surface area (TPSA) is 0 Å². The van der Waals surface area contributed by atoms with Crippen molar-refractivity contribution < 1.29 is 13.2 Å². The summed E-state index contributed by atoms with van der Waals surface area (Å²) in [5, 5.41) is -0.900. The molecule has 0 saturated heterocycles. The summed E-state index contributed by atoms with van der Waals surface area (Å²) in [4.78, 5) is 0. The van der Waals surface area contributed by atoms with E-state index in [2.05, 4.69) is 0 Å². The van der Waals surface area contributed by atoms with Gasteiger partial charge in [0.05, 0.1) is 5.38 Å². The fourth-order valence-electron chi connectivity index (χ4n) is 1.99. The van der Waals surface area contributed by atoms with Gasteiger partial charge in [-0.05, 0) is 5.56 Å². The molecular weight excluding hydrogens is 273 g/mol. The van der Waals surface area contributed by atoms with Crippen molar-refractivity contribution in [3.63, 3.8) is 0 Å². The molecule has 2 aromatic rings. The van der Waals surface area contributed by atoms with Crippen LogP contribution >= 0.6 is 11.6 Å². The smallest absolute Gasteiger partial charge is 0.133 e. The average Bonchev–Trinajstić information content (AvgIpc) is 2.37. The molecule has 19 heavy (non-hydrogen) atoms. The summed E-state index contributed by atoms with van der Waals surface area (Å²) in [6.45, 7) is 1.77. The van der Waals surface area contributed by atoms with Gasteiger partial charge >= 0.3 is 0 Å². The fraction of sp³-hybridized carbons (Fsp3) is 0.200. The van der Waals surface area contributed by atoms with Crippen LogP contribution in [0.25, 0.3) is 0 Å². The largest absolute Gasteiger partial charge is 0.207 e. The minimum Gasteiger partial charge on any atom is -0.207 e. The van der Waals surface area contributed by atoms with Crippen LogP contribution in [0.15, 0.2) is 42.5 Å². The van der Waals surface area contributed by atoms with Gasteiger partial charge in [-0.1, -0.05) is 37.3 Å². The Hall–Kier alpha value is -1.48. The molecule has 0 radical (unpaired) electrons. The van der Waals surface area contributed by atoms with Crippen LogP contribution in [0.5, 0.6) is 0 Å². The first-order valence-corrected chi connectivity index (χ1v) is 6.28. The van der Waals surface area contributed by atoms with Gasteiger partial charge in [0.15, 0.2) is 0 Å². The lowest BCUT2D eigenvalue weighted by Gasteiger charge is -2.20. The van der Waals surface area contributed by atoms with E-state index in [0.29, 0.717) is 12.1 Å². The van der Waals surface area contributed by atoms with E-state index in [4.69, 9.17) is 11.6 Å². The van der Waals surface area contributed by atoms with Crippen molar-refractivity contribution >= 4 is 11.6 Å². The second-order valence-corrected chi connectivity index (χ2v) is 4.85. The monoisotopic (exact) mass is 284 g/mol. The zero-order chi connectivity index (χ0) is 14.0. The van der Waals surface area contributed by atoms with Crippen LogP contribution < -0.4 is 0 Å². The highest BCUT2D eigenvalue weighted by Crippen LogP contribution is 2.38. The van der Waals surface area contributed by atoms with Crippen LogP contribution in [0.4, 0.5) is 13.2 Å². The molecule has 0 N–H and O–H groups in total. The first-order chi connectivity index (χ1) is 9.00. The van der Waals surface area contributed by atoms with Crippen LogP contribution in [0.1, 0.15) is 29.3 Å². The molecule has 0 heterocycles. The Balaban J connectivity index is 2.37. The number of halogens is 4. The second-order valence-electron chi connectivity index (χ2n) is 4.38. The van der Waals surface area contributed by atoms with Gasteiger partial charge in [0.25, 0.3) is 0 Å².